The Morgan fingerprint density at radius 1 is 1.03 bits per heavy atom. The molecule has 1 spiro atoms. The third-order valence-corrected chi connectivity index (χ3v) is 10.5. The Labute approximate surface area is 203 Å². The average molecular weight is 459 g/mol. The minimum atomic E-state index is -0.360. The summed E-state index contributed by atoms with van der Waals surface area (Å²) in [4.78, 5) is 0. The maximum atomic E-state index is 10.6. The van der Waals surface area contributed by atoms with E-state index >= 15 is 0 Å². The molecule has 0 aromatic heterocycles. The average Bonchev–Trinajstić information content (AvgIpc) is 3.52. The van der Waals surface area contributed by atoms with Gasteiger partial charge in [0.25, 0.3) is 0 Å². The van der Waals surface area contributed by atoms with Crippen LogP contribution in [0.15, 0.2) is 23.3 Å². The fourth-order valence-corrected chi connectivity index (χ4v) is 7.89. The minimum absolute atomic E-state index is 0.170. The normalized spacial score (nSPS) is 37.5. The lowest BCUT2D eigenvalue weighted by Crippen LogP contribution is -2.39. The van der Waals surface area contributed by atoms with Gasteiger partial charge < -0.3 is 14.9 Å². The van der Waals surface area contributed by atoms with Gasteiger partial charge in [-0.1, -0.05) is 56.9 Å². The first-order valence-corrected chi connectivity index (χ1v) is 14.2. The molecule has 0 aliphatic heterocycles. The van der Waals surface area contributed by atoms with Crippen LogP contribution in [0.3, 0.4) is 0 Å². The van der Waals surface area contributed by atoms with Crippen LogP contribution >= 0.6 is 0 Å². The van der Waals surface area contributed by atoms with Gasteiger partial charge in [0.05, 0.1) is 18.3 Å². The summed E-state index contributed by atoms with van der Waals surface area (Å²) >= 11 is 0. The lowest BCUT2D eigenvalue weighted by atomic mass is 9.62. The van der Waals surface area contributed by atoms with Crippen molar-refractivity contribution in [2.75, 3.05) is 6.61 Å². The zero-order valence-corrected chi connectivity index (χ0v) is 21.8. The highest BCUT2D eigenvalue weighted by Gasteiger charge is 2.56. The van der Waals surface area contributed by atoms with Crippen molar-refractivity contribution in [1.29, 1.82) is 0 Å². The van der Waals surface area contributed by atoms with Crippen LogP contribution in [0.1, 0.15) is 111 Å². The van der Waals surface area contributed by atoms with Crippen molar-refractivity contribution in [3.63, 3.8) is 0 Å². The summed E-state index contributed by atoms with van der Waals surface area (Å²) in [5.74, 6) is 2.18. The lowest BCUT2D eigenvalue weighted by Gasteiger charge is -2.44. The molecular formula is C30H50O3. The van der Waals surface area contributed by atoms with Crippen LogP contribution in [0.4, 0.5) is 0 Å². The van der Waals surface area contributed by atoms with Crippen LogP contribution in [0.5, 0.6) is 0 Å². The van der Waals surface area contributed by atoms with Gasteiger partial charge in [-0.3, -0.25) is 0 Å². The number of aliphatic hydroxyl groups excluding tert-OH is 2. The van der Waals surface area contributed by atoms with Crippen LogP contribution in [-0.2, 0) is 4.74 Å². The number of rotatable bonds is 9. The van der Waals surface area contributed by atoms with Crippen molar-refractivity contribution < 1.29 is 14.9 Å². The molecule has 0 aromatic carbocycles. The van der Waals surface area contributed by atoms with E-state index in [-0.39, 0.29) is 17.6 Å². The predicted molar refractivity (Wildman–Crippen MR) is 136 cm³/mol. The monoisotopic (exact) mass is 458 g/mol. The van der Waals surface area contributed by atoms with E-state index in [4.69, 9.17) is 4.74 Å². The van der Waals surface area contributed by atoms with Crippen LogP contribution < -0.4 is 0 Å². The highest BCUT2D eigenvalue weighted by atomic mass is 16.5. The fraction of sp³-hybridized carbons (Fsp3) is 0.867. The second kappa shape index (κ2) is 10.5. The first kappa shape index (κ1) is 25.5. The maximum absolute atomic E-state index is 10.6. The van der Waals surface area contributed by atoms with Crippen molar-refractivity contribution in [2.24, 2.45) is 28.6 Å². The topological polar surface area (TPSA) is 49.7 Å². The molecule has 6 atom stereocenters. The number of aliphatic hydroxyl groups is 2. The molecular weight excluding hydrogens is 408 g/mol. The van der Waals surface area contributed by atoms with E-state index in [1.807, 2.05) is 0 Å². The first-order chi connectivity index (χ1) is 15.8. The van der Waals surface area contributed by atoms with Crippen LogP contribution in [0.2, 0.25) is 0 Å². The smallest absolute Gasteiger partial charge is 0.0658 e. The minimum Gasteiger partial charge on any atom is -0.392 e. The molecule has 0 heterocycles. The van der Waals surface area contributed by atoms with E-state index in [1.165, 1.54) is 63.4 Å². The third kappa shape index (κ3) is 5.16. The number of hydrogen-bond acceptors (Lipinski definition) is 3. The van der Waals surface area contributed by atoms with Crippen molar-refractivity contribution in [1.82, 2.24) is 0 Å². The van der Waals surface area contributed by atoms with Gasteiger partial charge >= 0.3 is 0 Å². The van der Waals surface area contributed by atoms with Crippen molar-refractivity contribution >= 4 is 0 Å². The molecule has 0 saturated heterocycles. The predicted octanol–water partition coefficient (Wildman–Crippen LogP) is 6.97. The second-order valence-electron chi connectivity index (χ2n) is 12.2. The Kier molecular flexibility index (Phi) is 8.13. The molecule has 4 aliphatic carbocycles. The fourth-order valence-electron chi connectivity index (χ4n) is 7.89. The van der Waals surface area contributed by atoms with Crippen LogP contribution in [0, 0.1) is 28.6 Å². The molecule has 188 valence electrons. The number of hydrogen-bond donors (Lipinski definition) is 2. The molecule has 3 nitrogen and oxygen atoms in total. The first-order valence-electron chi connectivity index (χ1n) is 14.2. The molecule has 4 rings (SSSR count). The van der Waals surface area contributed by atoms with Gasteiger partial charge in [-0.15, -0.1) is 0 Å². The molecule has 0 radical (unpaired) electrons. The molecule has 2 N–H and O–H groups in total. The summed E-state index contributed by atoms with van der Waals surface area (Å²) in [6.45, 7) is 10.4. The Balaban J connectivity index is 1.35. The molecule has 0 bridgehead atoms. The highest BCUT2D eigenvalue weighted by molar-refractivity contribution is 5.28. The molecule has 2 unspecified atom stereocenters. The maximum Gasteiger partial charge on any atom is 0.0658 e. The summed E-state index contributed by atoms with van der Waals surface area (Å²) in [6.07, 6.45) is 19.2. The van der Waals surface area contributed by atoms with Gasteiger partial charge in [0.15, 0.2) is 0 Å². The van der Waals surface area contributed by atoms with Gasteiger partial charge in [0.2, 0.25) is 0 Å². The molecule has 4 aliphatic rings. The Morgan fingerprint density at radius 2 is 1.73 bits per heavy atom. The van der Waals surface area contributed by atoms with Gasteiger partial charge in [0, 0.05) is 12.0 Å². The highest BCUT2D eigenvalue weighted by Crippen LogP contribution is 2.59. The van der Waals surface area contributed by atoms with Crippen molar-refractivity contribution in [3.05, 3.63) is 23.3 Å². The van der Waals surface area contributed by atoms with Crippen molar-refractivity contribution in [2.45, 2.75) is 129 Å². The summed E-state index contributed by atoms with van der Waals surface area (Å²) in [6, 6.07) is 0. The van der Waals surface area contributed by atoms with E-state index in [9.17, 15) is 10.2 Å². The Morgan fingerprint density at radius 3 is 2.36 bits per heavy atom. The summed E-state index contributed by atoms with van der Waals surface area (Å²) in [5.41, 5.74) is 3.02. The molecule has 4 saturated carbocycles. The zero-order chi connectivity index (χ0) is 23.6. The number of fused-ring (bicyclic) bond motifs is 1. The number of ether oxygens (including phenoxy) is 1. The van der Waals surface area contributed by atoms with E-state index in [2.05, 4.69) is 39.8 Å². The second-order valence-corrected chi connectivity index (χ2v) is 12.2. The van der Waals surface area contributed by atoms with Gasteiger partial charge in [-0.2, -0.15) is 0 Å². The molecule has 0 aromatic rings. The Bertz CT molecular complexity index is 700. The van der Waals surface area contributed by atoms with Crippen molar-refractivity contribution in [3.8, 4) is 0 Å². The van der Waals surface area contributed by atoms with E-state index < -0.39 is 0 Å². The van der Waals surface area contributed by atoms with E-state index in [0.717, 1.165) is 38.2 Å². The lowest BCUT2D eigenvalue weighted by molar-refractivity contribution is -0.0269. The largest absolute Gasteiger partial charge is 0.392 e. The summed E-state index contributed by atoms with van der Waals surface area (Å²) in [5, 5.41) is 21.2. The standard InChI is InChI=1S/C30H50O3/c1-5-22(6-2)9-8-18-33-21(3)25-13-14-26-24(10-7-15-29(25,26)4)12-11-23-19-27(31)30(16-17-30)28(32)20-23/h11-12,21-22,25-28,31-32H,5-10,13-20H2,1-4H3/b24-12+/t21-,25-,26?,27-,28-,29?/m1/s1. The molecule has 0 amide bonds. The summed E-state index contributed by atoms with van der Waals surface area (Å²) in [7, 11) is 0. The number of allylic oxidation sites excluding steroid dienone is 3. The van der Waals surface area contributed by atoms with E-state index in [0.29, 0.717) is 23.4 Å². The van der Waals surface area contributed by atoms with Crippen LogP contribution in [0.25, 0.3) is 0 Å². The molecule has 33 heavy (non-hydrogen) atoms. The SMILES string of the molecule is CCC(CC)CCCO[C@H](C)[C@H]1CCC2/C(=C/C=C3C[C@@H](O)C4(CC4)[C@H](O)C3)CCCC21C. The van der Waals surface area contributed by atoms with E-state index in [1.54, 1.807) is 5.57 Å². The quantitative estimate of drug-likeness (QED) is 0.367. The van der Waals surface area contributed by atoms with Crippen LogP contribution in [-0.4, -0.2) is 35.1 Å². The van der Waals surface area contributed by atoms with Gasteiger partial charge in [0.1, 0.15) is 0 Å². The third-order valence-electron chi connectivity index (χ3n) is 10.5. The Hall–Kier alpha value is -0.640. The zero-order valence-electron chi connectivity index (χ0n) is 21.8. The summed E-state index contributed by atoms with van der Waals surface area (Å²) < 4.78 is 6.43. The van der Waals surface area contributed by atoms with Gasteiger partial charge in [-0.05, 0) is 101 Å². The molecule has 3 heteroatoms. The molecule has 4 fully saturated rings. The van der Waals surface area contributed by atoms with Gasteiger partial charge in [-0.25, -0.2) is 0 Å².